The number of ether oxygens (including phenoxy) is 1. The molecule has 2 aromatic carbocycles. The maximum atomic E-state index is 12.1. The fourth-order valence-corrected chi connectivity index (χ4v) is 2.67. The Bertz CT molecular complexity index is 661. The van der Waals surface area contributed by atoms with Crippen LogP contribution in [0.1, 0.15) is 12.8 Å². The molecule has 0 bridgehead atoms. The van der Waals surface area contributed by atoms with Crippen LogP contribution in [0.5, 0.6) is 0 Å². The van der Waals surface area contributed by atoms with E-state index in [4.69, 9.17) is 4.74 Å². The molecule has 2 aromatic rings. The van der Waals surface area contributed by atoms with Crippen molar-refractivity contribution in [3.05, 3.63) is 42.5 Å². The quantitative estimate of drug-likeness (QED) is 0.815. The molecule has 3 N–H and O–H groups in total. The Labute approximate surface area is 129 Å². The average molecular weight is 300 g/mol. The highest BCUT2D eigenvalue weighted by molar-refractivity contribution is 6.01. The molecule has 0 spiro atoms. The number of benzene rings is 2. The molecule has 2 amide bonds. The number of fused-ring (bicyclic) bond motifs is 1. The highest BCUT2D eigenvalue weighted by atomic mass is 16.5. The SMILES string of the molecule is O=C(NCC1(O)CCOCC1)Nc1cccc2ccccc12. The van der Waals surface area contributed by atoms with E-state index in [1.54, 1.807) is 0 Å². The van der Waals surface area contributed by atoms with Crippen LogP contribution >= 0.6 is 0 Å². The molecule has 0 aromatic heterocycles. The third-order valence-corrected chi connectivity index (χ3v) is 4.04. The van der Waals surface area contributed by atoms with Crippen LogP contribution in [0.15, 0.2) is 42.5 Å². The Hall–Kier alpha value is -2.11. The summed E-state index contributed by atoms with van der Waals surface area (Å²) in [6, 6.07) is 13.3. The summed E-state index contributed by atoms with van der Waals surface area (Å²) in [5.74, 6) is 0. The zero-order valence-electron chi connectivity index (χ0n) is 12.3. The fraction of sp³-hybridized carbons (Fsp3) is 0.353. The van der Waals surface area contributed by atoms with Gasteiger partial charge >= 0.3 is 6.03 Å². The summed E-state index contributed by atoms with van der Waals surface area (Å²) >= 11 is 0. The first kappa shape index (κ1) is 14.8. The molecular weight excluding hydrogens is 280 g/mol. The van der Waals surface area contributed by atoms with Gasteiger partial charge in [0.2, 0.25) is 0 Å². The van der Waals surface area contributed by atoms with Gasteiger partial charge in [-0.1, -0.05) is 36.4 Å². The second-order valence-electron chi connectivity index (χ2n) is 5.67. The zero-order valence-corrected chi connectivity index (χ0v) is 12.3. The number of hydrogen-bond acceptors (Lipinski definition) is 3. The van der Waals surface area contributed by atoms with E-state index < -0.39 is 5.60 Å². The third kappa shape index (κ3) is 3.37. The molecule has 116 valence electrons. The first-order chi connectivity index (χ1) is 10.7. The van der Waals surface area contributed by atoms with E-state index in [1.807, 2.05) is 42.5 Å². The molecule has 5 heteroatoms. The lowest BCUT2D eigenvalue weighted by Crippen LogP contribution is -2.47. The summed E-state index contributed by atoms with van der Waals surface area (Å²) in [7, 11) is 0. The second-order valence-corrected chi connectivity index (χ2v) is 5.67. The molecule has 1 aliphatic rings. The van der Waals surface area contributed by atoms with Gasteiger partial charge in [-0.25, -0.2) is 4.79 Å². The van der Waals surface area contributed by atoms with Gasteiger partial charge < -0.3 is 20.5 Å². The van der Waals surface area contributed by atoms with E-state index in [2.05, 4.69) is 10.6 Å². The van der Waals surface area contributed by atoms with Crippen LogP contribution in [0.25, 0.3) is 10.8 Å². The predicted molar refractivity (Wildman–Crippen MR) is 86.0 cm³/mol. The fourth-order valence-electron chi connectivity index (χ4n) is 2.67. The van der Waals surface area contributed by atoms with Crippen LogP contribution in [-0.4, -0.2) is 36.5 Å². The largest absolute Gasteiger partial charge is 0.388 e. The average Bonchev–Trinajstić information content (AvgIpc) is 2.54. The number of anilines is 1. The first-order valence-corrected chi connectivity index (χ1v) is 7.49. The Morgan fingerprint density at radius 3 is 2.68 bits per heavy atom. The van der Waals surface area contributed by atoms with E-state index in [0.29, 0.717) is 26.1 Å². The van der Waals surface area contributed by atoms with Crippen molar-refractivity contribution in [3.63, 3.8) is 0 Å². The maximum absolute atomic E-state index is 12.1. The minimum absolute atomic E-state index is 0.229. The second kappa shape index (κ2) is 6.34. The monoisotopic (exact) mass is 300 g/mol. The summed E-state index contributed by atoms with van der Waals surface area (Å²) in [5, 5.41) is 18.0. The van der Waals surface area contributed by atoms with Gasteiger partial charge in [-0.3, -0.25) is 0 Å². The molecular formula is C17H20N2O3. The molecule has 5 nitrogen and oxygen atoms in total. The molecule has 0 aliphatic carbocycles. The van der Waals surface area contributed by atoms with Crippen LogP contribution in [0.4, 0.5) is 10.5 Å². The van der Waals surface area contributed by atoms with Gasteiger partial charge in [-0.15, -0.1) is 0 Å². The minimum atomic E-state index is -0.867. The Balaban J connectivity index is 1.63. The van der Waals surface area contributed by atoms with Crippen LogP contribution in [0.2, 0.25) is 0 Å². The highest BCUT2D eigenvalue weighted by Gasteiger charge is 2.30. The van der Waals surface area contributed by atoms with Gasteiger partial charge in [0.05, 0.1) is 11.3 Å². The number of aliphatic hydroxyl groups is 1. The van der Waals surface area contributed by atoms with Crippen molar-refractivity contribution < 1.29 is 14.6 Å². The van der Waals surface area contributed by atoms with Crippen molar-refractivity contribution in [1.82, 2.24) is 5.32 Å². The smallest absolute Gasteiger partial charge is 0.319 e. The lowest BCUT2D eigenvalue weighted by molar-refractivity contribution is -0.0598. The number of urea groups is 1. The molecule has 1 heterocycles. The molecule has 1 aliphatic heterocycles. The highest BCUT2D eigenvalue weighted by Crippen LogP contribution is 2.23. The number of amides is 2. The number of nitrogens with one attached hydrogen (secondary N) is 2. The van der Waals surface area contributed by atoms with Gasteiger partial charge in [0.1, 0.15) is 0 Å². The summed E-state index contributed by atoms with van der Waals surface area (Å²) in [6.45, 7) is 1.29. The Morgan fingerprint density at radius 2 is 1.86 bits per heavy atom. The van der Waals surface area contributed by atoms with E-state index in [-0.39, 0.29) is 12.6 Å². The van der Waals surface area contributed by atoms with Crippen molar-refractivity contribution in [2.45, 2.75) is 18.4 Å². The molecule has 0 saturated carbocycles. The van der Waals surface area contributed by atoms with Crippen LogP contribution < -0.4 is 10.6 Å². The summed E-state index contributed by atoms with van der Waals surface area (Å²) in [5.41, 5.74) is -0.108. The molecule has 1 fully saturated rings. The van der Waals surface area contributed by atoms with E-state index in [0.717, 1.165) is 16.5 Å². The lowest BCUT2D eigenvalue weighted by atomic mass is 9.94. The first-order valence-electron chi connectivity index (χ1n) is 7.49. The molecule has 0 radical (unpaired) electrons. The number of carbonyl (C=O) groups excluding carboxylic acids is 1. The van der Waals surface area contributed by atoms with Gasteiger partial charge in [0.15, 0.2) is 0 Å². The van der Waals surface area contributed by atoms with E-state index in [1.165, 1.54) is 0 Å². The van der Waals surface area contributed by atoms with Gasteiger partial charge in [0.25, 0.3) is 0 Å². The lowest BCUT2D eigenvalue weighted by Gasteiger charge is -2.32. The van der Waals surface area contributed by atoms with Crippen LogP contribution in [0, 0.1) is 0 Å². The zero-order chi connectivity index (χ0) is 15.4. The predicted octanol–water partition coefficient (Wildman–Crippen LogP) is 2.50. The van der Waals surface area contributed by atoms with Gasteiger partial charge in [-0.2, -0.15) is 0 Å². The van der Waals surface area contributed by atoms with Crippen molar-refractivity contribution in [2.24, 2.45) is 0 Å². The maximum Gasteiger partial charge on any atom is 0.319 e. The van der Waals surface area contributed by atoms with Crippen LogP contribution in [0.3, 0.4) is 0 Å². The van der Waals surface area contributed by atoms with Crippen LogP contribution in [-0.2, 0) is 4.74 Å². The normalized spacial score (nSPS) is 17.1. The van der Waals surface area contributed by atoms with E-state index in [9.17, 15) is 9.90 Å². The minimum Gasteiger partial charge on any atom is -0.388 e. The molecule has 0 atom stereocenters. The standard InChI is InChI=1S/C17H20N2O3/c20-16(18-12-17(21)8-10-22-11-9-17)19-15-7-3-5-13-4-1-2-6-14(13)15/h1-7,21H,8-12H2,(H2,18,19,20). The van der Waals surface area contributed by atoms with Crippen molar-refractivity contribution in [1.29, 1.82) is 0 Å². The van der Waals surface area contributed by atoms with E-state index >= 15 is 0 Å². The molecule has 22 heavy (non-hydrogen) atoms. The summed E-state index contributed by atoms with van der Waals surface area (Å²) in [4.78, 5) is 12.1. The molecule has 0 unspecified atom stereocenters. The van der Waals surface area contributed by atoms with Crippen molar-refractivity contribution in [2.75, 3.05) is 25.1 Å². The summed E-state index contributed by atoms with van der Waals surface area (Å²) < 4.78 is 5.23. The van der Waals surface area contributed by atoms with Crippen molar-refractivity contribution >= 4 is 22.5 Å². The van der Waals surface area contributed by atoms with Crippen molar-refractivity contribution in [3.8, 4) is 0 Å². The molecule has 1 saturated heterocycles. The topological polar surface area (TPSA) is 70.6 Å². The summed E-state index contributed by atoms with van der Waals surface area (Å²) in [6.07, 6.45) is 1.09. The number of rotatable bonds is 3. The number of carbonyl (C=O) groups is 1. The Morgan fingerprint density at radius 1 is 1.14 bits per heavy atom. The van der Waals surface area contributed by atoms with Gasteiger partial charge in [-0.05, 0) is 11.5 Å². The Kier molecular flexibility index (Phi) is 4.27. The molecule has 3 rings (SSSR count). The number of hydrogen-bond donors (Lipinski definition) is 3. The van der Waals surface area contributed by atoms with Gasteiger partial charge in [0, 0.05) is 38.0 Å². The third-order valence-electron chi connectivity index (χ3n) is 4.04.